The number of nitrogens with two attached hydrogens (primary N) is 1. The number of rotatable bonds is 4. The largest absolute Gasteiger partial charge is 0.321 e. The molecule has 0 saturated carbocycles. The molecule has 2 N–H and O–H groups in total. The normalized spacial score (nSPS) is 21.8. The Hall–Kier alpha value is -1.97. The number of nitrogens with zero attached hydrogens (tertiary/aromatic N) is 2. The molecule has 0 aliphatic carbocycles. The van der Waals surface area contributed by atoms with Gasteiger partial charge in [-0.15, -0.1) is 0 Å². The van der Waals surface area contributed by atoms with E-state index in [4.69, 9.17) is 5.73 Å². The Kier molecular flexibility index (Phi) is 3.63. The lowest BCUT2D eigenvalue weighted by Crippen LogP contribution is -2.53. The molecule has 0 fully saturated rings. The molecule has 0 amide bonds. The molecule has 3 heteroatoms. The number of hydrogen-bond donors (Lipinski definition) is 1. The van der Waals surface area contributed by atoms with Crippen LogP contribution >= 0.6 is 0 Å². The number of amidine groups is 1. The van der Waals surface area contributed by atoms with Crippen LogP contribution in [-0.2, 0) is 6.54 Å². The van der Waals surface area contributed by atoms with E-state index in [2.05, 4.69) is 65.7 Å². The van der Waals surface area contributed by atoms with E-state index in [1.165, 1.54) is 11.3 Å². The summed E-state index contributed by atoms with van der Waals surface area (Å²) >= 11 is 0. The second-order valence-electron chi connectivity index (χ2n) is 5.17. The fraction of sp³-hybridized carbons (Fsp3) is 0.235. The van der Waals surface area contributed by atoms with Crippen LogP contribution in [0.5, 0.6) is 0 Å². The van der Waals surface area contributed by atoms with Gasteiger partial charge in [0.25, 0.3) is 0 Å². The number of benzene rings is 2. The number of para-hydroxylation sites is 1. The van der Waals surface area contributed by atoms with Crippen LogP contribution in [-0.4, -0.2) is 25.5 Å². The van der Waals surface area contributed by atoms with Gasteiger partial charge in [0.15, 0.2) is 0 Å². The van der Waals surface area contributed by atoms with Crippen molar-refractivity contribution >= 4 is 11.5 Å². The van der Waals surface area contributed by atoms with Gasteiger partial charge in [0, 0.05) is 5.56 Å². The van der Waals surface area contributed by atoms with Crippen LogP contribution < -0.4 is 10.2 Å². The topological polar surface area (TPSA) is 38.4 Å². The second kappa shape index (κ2) is 5.57. The second-order valence-corrected chi connectivity index (χ2v) is 5.17. The fourth-order valence-electron chi connectivity index (χ4n) is 3.00. The summed E-state index contributed by atoms with van der Waals surface area (Å²) in [5.74, 6) is 1.08. The summed E-state index contributed by atoms with van der Waals surface area (Å²) < 4.78 is 0.765. The van der Waals surface area contributed by atoms with Crippen LogP contribution in [0.25, 0.3) is 0 Å². The molecule has 1 unspecified atom stereocenters. The molecular weight excluding hydrogens is 246 g/mol. The van der Waals surface area contributed by atoms with Crippen LogP contribution in [0.4, 0.5) is 5.69 Å². The van der Waals surface area contributed by atoms with Crippen molar-refractivity contribution in [2.24, 2.45) is 10.7 Å². The van der Waals surface area contributed by atoms with Gasteiger partial charge in [-0.2, -0.15) is 0 Å². The Labute approximate surface area is 120 Å². The Morgan fingerprint density at radius 3 is 2.25 bits per heavy atom. The number of aliphatic imine (C=N–C) groups is 1. The van der Waals surface area contributed by atoms with Gasteiger partial charge in [-0.3, -0.25) is 0 Å². The number of quaternary nitrogens is 1. The summed E-state index contributed by atoms with van der Waals surface area (Å²) in [6.45, 7) is 3.28. The van der Waals surface area contributed by atoms with Gasteiger partial charge in [0.05, 0.1) is 13.1 Å². The van der Waals surface area contributed by atoms with Crippen molar-refractivity contribution in [2.45, 2.75) is 6.54 Å². The predicted molar refractivity (Wildman–Crippen MR) is 84.6 cm³/mol. The van der Waals surface area contributed by atoms with E-state index in [-0.39, 0.29) is 0 Å². The van der Waals surface area contributed by atoms with Gasteiger partial charge in [-0.25, -0.2) is 9.48 Å². The van der Waals surface area contributed by atoms with Gasteiger partial charge in [0.1, 0.15) is 18.8 Å². The van der Waals surface area contributed by atoms with Gasteiger partial charge >= 0.3 is 0 Å². The molecule has 0 spiro atoms. The summed E-state index contributed by atoms with van der Waals surface area (Å²) in [4.78, 5) is 4.64. The SMILES string of the molecule is NCC1=NCC[N+]1(Cc1ccccc1)c1ccccc1. The maximum Gasteiger partial charge on any atom is 0.217 e. The van der Waals surface area contributed by atoms with Crippen LogP contribution in [0, 0.1) is 0 Å². The standard InChI is InChI=1S/C17H20N3/c18-13-17-19-11-12-20(17,16-9-5-2-6-10-16)14-15-7-3-1-4-8-15/h1-10H,11-14,18H2/q+1. The molecule has 0 radical (unpaired) electrons. The molecular formula is C17H20N3+. The van der Waals surface area contributed by atoms with E-state index in [1.807, 2.05) is 0 Å². The minimum absolute atomic E-state index is 0.516. The smallest absolute Gasteiger partial charge is 0.217 e. The Morgan fingerprint density at radius 2 is 1.60 bits per heavy atom. The molecule has 20 heavy (non-hydrogen) atoms. The first-order valence-electron chi connectivity index (χ1n) is 7.06. The quantitative estimate of drug-likeness (QED) is 0.849. The van der Waals surface area contributed by atoms with Crippen LogP contribution in [0.1, 0.15) is 5.56 Å². The third-order valence-corrected chi connectivity index (χ3v) is 4.00. The van der Waals surface area contributed by atoms with Gasteiger partial charge < -0.3 is 5.73 Å². The molecule has 1 atom stereocenters. The first-order valence-corrected chi connectivity index (χ1v) is 7.06. The van der Waals surface area contributed by atoms with Crippen LogP contribution in [0.15, 0.2) is 65.7 Å². The lowest BCUT2D eigenvalue weighted by molar-refractivity contribution is 0.434. The zero-order valence-electron chi connectivity index (χ0n) is 11.6. The summed E-state index contributed by atoms with van der Waals surface area (Å²) in [5, 5.41) is 0. The van der Waals surface area contributed by atoms with E-state index in [9.17, 15) is 0 Å². The molecule has 1 aliphatic rings. The van der Waals surface area contributed by atoms with Crippen LogP contribution in [0.3, 0.4) is 0 Å². The van der Waals surface area contributed by atoms with Gasteiger partial charge in [0.2, 0.25) is 5.84 Å². The van der Waals surface area contributed by atoms with E-state index < -0.39 is 0 Å². The molecule has 3 nitrogen and oxygen atoms in total. The Balaban J connectivity index is 2.03. The predicted octanol–water partition coefficient (Wildman–Crippen LogP) is 2.56. The molecule has 3 rings (SSSR count). The summed E-state index contributed by atoms with van der Waals surface area (Å²) in [5.41, 5.74) is 8.55. The third kappa shape index (κ3) is 2.26. The number of hydrogen-bond acceptors (Lipinski definition) is 2. The Bertz CT molecular complexity index is 592. The highest BCUT2D eigenvalue weighted by atomic mass is 15.4. The molecule has 102 valence electrons. The minimum atomic E-state index is 0.516. The lowest BCUT2D eigenvalue weighted by Gasteiger charge is -2.34. The highest BCUT2D eigenvalue weighted by Gasteiger charge is 2.39. The molecule has 2 aromatic rings. The van der Waals surface area contributed by atoms with Gasteiger partial charge in [-0.1, -0.05) is 48.5 Å². The van der Waals surface area contributed by atoms with Crippen LogP contribution in [0.2, 0.25) is 0 Å². The molecule has 0 saturated heterocycles. The lowest BCUT2D eigenvalue weighted by atomic mass is 10.1. The van der Waals surface area contributed by atoms with Crippen molar-refractivity contribution in [2.75, 3.05) is 19.6 Å². The average Bonchev–Trinajstić information content (AvgIpc) is 2.93. The molecule has 1 heterocycles. The van der Waals surface area contributed by atoms with Crippen molar-refractivity contribution < 1.29 is 0 Å². The van der Waals surface area contributed by atoms with Crippen molar-refractivity contribution in [1.29, 1.82) is 0 Å². The monoisotopic (exact) mass is 266 g/mol. The highest BCUT2D eigenvalue weighted by molar-refractivity contribution is 5.96. The first-order chi connectivity index (χ1) is 9.85. The van der Waals surface area contributed by atoms with Crippen molar-refractivity contribution in [3.8, 4) is 0 Å². The van der Waals surface area contributed by atoms with E-state index in [1.54, 1.807) is 0 Å². The molecule has 1 aliphatic heterocycles. The zero-order valence-corrected chi connectivity index (χ0v) is 11.6. The molecule has 2 aromatic carbocycles. The maximum absolute atomic E-state index is 5.95. The van der Waals surface area contributed by atoms with Crippen molar-refractivity contribution in [3.05, 3.63) is 66.2 Å². The van der Waals surface area contributed by atoms with E-state index in [0.29, 0.717) is 6.54 Å². The van der Waals surface area contributed by atoms with E-state index >= 15 is 0 Å². The summed E-state index contributed by atoms with van der Waals surface area (Å²) in [7, 11) is 0. The fourth-order valence-corrected chi connectivity index (χ4v) is 3.00. The molecule has 0 bridgehead atoms. The first kappa shape index (κ1) is 13.0. The average molecular weight is 266 g/mol. The van der Waals surface area contributed by atoms with Gasteiger partial charge in [-0.05, 0) is 12.1 Å². The van der Waals surface area contributed by atoms with Crippen molar-refractivity contribution in [3.63, 3.8) is 0 Å². The summed E-state index contributed by atoms with van der Waals surface area (Å²) in [6.07, 6.45) is 0. The Morgan fingerprint density at radius 1 is 0.950 bits per heavy atom. The third-order valence-electron chi connectivity index (χ3n) is 4.00. The molecule has 0 aromatic heterocycles. The highest BCUT2D eigenvalue weighted by Crippen LogP contribution is 2.29. The van der Waals surface area contributed by atoms with E-state index in [0.717, 1.165) is 30.0 Å². The van der Waals surface area contributed by atoms with Crippen molar-refractivity contribution in [1.82, 2.24) is 4.48 Å². The zero-order chi connectivity index (χ0) is 13.8. The minimum Gasteiger partial charge on any atom is -0.321 e. The maximum atomic E-state index is 5.95. The summed E-state index contributed by atoms with van der Waals surface area (Å²) in [6, 6.07) is 21.2.